The molecule has 5 heteroatoms. The van der Waals surface area contributed by atoms with Gasteiger partial charge in [0.25, 0.3) is 5.91 Å². The molecule has 0 saturated heterocycles. The zero-order valence-electron chi connectivity index (χ0n) is 16.5. The van der Waals surface area contributed by atoms with E-state index in [-0.39, 0.29) is 11.3 Å². The summed E-state index contributed by atoms with van der Waals surface area (Å²) in [6, 6.07) is 13.0. The average Bonchev–Trinajstić information content (AvgIpc) is 3.18. The maximum atomic E-state index is 13.0. The number of para-hydroxylation sites is 1. The van der Waals surface area contributed by atoms with Crippen molar-refractivity contribution >= 4 is 22.5 Å². The van der Waals surface area contributed by atoms with Gasteiger partial charge in [-0.3, -0.25) is 4.79 Å². The third-order valence-corrected chi connectivity index (χ3v) is 5.22. The van der Waals surface area contributed by atoms with Crippen LogP contribution in [0.25, 0.3) is 22.4 Å². The number of pyridine rings is 1. The van der Waals surface area contributed by atoms with Crippen molar-refractivity contribution in [1.82, 2.24) is 10.4 Å². The molecule has 3 aromatic rings. The Morgan fingerprint density at radius 1 is 1.25 bits per heavy atom. The fourth-order valence-corrected chi connectivity index (χ4v) is 4.30. The molecule has 1 atom stereocenters. The van der Waals surface area contributed by atoms with Crippen molar-refractivity contribution in [3.05, 3.63) is 54.3 Å². The number of carbonyl (C=O) groups excluding carboxylic acids is 1. The molecule has 0 radical (unpaired) electrons. The molecule has 1 unspecified atom stereocenters. The van der Waals surface area contributed by atoms with Gasteiger partial charge in [0.1, 0.15) is 5.69 Å². The minimum absolute atomic E-state index is 0.219. The number of fused-ring (bicyclic) bond motifs is 1. The van der Waals surface area contributed by atoms with Crippen LogP contribution in [0.3, 0.4) is 0 Å². The van der Waals surface area contributed by atoms with Gasteiger partial charge in [0.05, 0.1) is 17.3 Å². The zero-order chi connectivity index (χ0) is 19.7. The van der Waals surface area contributed by atoms with Crippen molar-refractivity contribution in [2.45, 2.75) is 40.0 Å². The molecule has 0 spiro atoms. The minimum atomic E-state index is -0.227. The molecular formula is C23H25N3O2. The molecule has 4 rings (SSSR count). The van der Waals surface area contributed by atoms with E-state index in [2.05, 4.69) is 36.3 Å². The summed E-state index contributed by atoms with van der Waals surface area (Å²) >= 11 is 0. The number of nitrogens with one attached hydrogen (secondary N) is 1. The van der Waals surface area contributed by atoms with Crippen molar-refractivity contribution in [2.24, 2.45) is 16.4 Å². The molecule has 2 aromatic heterocycles. The first-order chi connectivity index (χ1) is 13.4. The van der Waals surface area contributed by atoms with Crippen LogP contribution in [0.4, 0.5) is 0 Å². The van der Waals surface area contributed by atoms with E-state index in [4.69, 9.17) is 4.42 Å². The molecule has 1 fully saturated rings. The lowest BCUT2D eigenvalue weighted by Gasteiger charge is -2.34. The highest BCUT2D eigenvalue weighted by Gasteiger charge is 2.29. The molecule has 1 saturated carbocycles. The maximum Gasteiger partial charge on any atom is 0.272 e. The van der Waals surface area contributed by atoms with Crippen molar-refractivity contribution in [1.29, 1.82) is 0 Å². The second kappa shape index (κ2) is 7.23. The lowest BCUT2D eigenvalue weighted by Crippen LogP contribution is -2.30. The first-order valence-electron chi connectivity index (χ1n) is 9.71. The molecule has 1 aromatic carbocycles. The molecule has 2 heterocycles. The highest BCUT2D eigenvalue weighted by atomic mass is 16.3. The fraction of sp³-hybridized carbons (Fsp3) is 0.348. The first-order valence-corrected chi connectivity index (χ1v) is 9.71. The third kappa shape index (κ3) is 3.84. The SMILES string of the molecule is CC1C/C(=N/NC(=O)c2cc(-c3ccco3)nc3ccccc23)CC(C)(C)C1. The number of rotatable bonds is 3. The lowest BCUT2D eigenvalue weighted by atomic mass is 9.72. The highest BCUT2D eigenvalue weighted by molar-refractivity contribution is 6.07. The van der Waals surface area contributed by atoms with Gasteiger partial charge in [-0.25, -0.2) is 10.4 Å². The van der Waals surface area contributed by atoms with E-state index < -0.39 is 0 Å². The minimum Gasteiger partial charge on any atom is -0.463 e. The number of furan rings is 1. The molecule has 1 aliphatic rings. The Hall–Kier alpha value is -2.95. The van der Waals surface area contributed by atoms with Crippen molar-refractivity contribution in [3.63, 3.8) is 0 Å². The Kier molecular flexibility index (Phi) is 4.75. The predicted octanol–water partition coefficient (Wildman–Crippen LogP) is 5.43. The Morgan fingerprint density at radius 2 is 2.07 bits per heavy atom. The summed E-state index contributed by atoms with van der Waals surface area (Å²) in [6.07, 6.45) is 4.62. The number of aromatic nitrogens is 1. The number of hydrogen-bond donors (Lipinski definition) is 1. The highest BCUT2D eigenvalue weighted by Crippen LogP contribution is 2.37. The van der Waals surface area contributed by atoms with Crippen molar-refractivity contribution in [3.8, 4) is 11.5 Å². The van der Waals surface area contributed by atoms with E-state index in [0.29, 0.717) is 22.9 Å². The summed E-state index contributed by atoms with van der Waals surface area (Å²) < 4.78 is 5.47. The molecular weight excluding hydrogens is 350 g/mol. The van der Waals surface area contributed by atoms with Crippen LogP contribution in [-0.4, -0.2) is 16.6 Å². The number of hydrogen-bond acceptors (Lipinski definition) is 4. The molecule has 5 nitrogen and oxygen atoms in total. The van der Waals surface area contributed by atoms with E-state index in [0.717, 1.165) is 29.5 Å². The van der Waals surface area contributed by atoms with Crippen molar-refractivity contribution in [2.75, 3.05) is 0 Å². The molecule has 0 aliphatic heterocycles. The van der Waals surface area contributed by atoms with E-state index in [9.17, 15) is 4.79 Å². The number of carbonyl (C=O) groups is 1. The van der Waals surface area contributed by atoms with Crippen LogP contribution in [0.1, 0.15) is 50.4 Å². The van der Waals surface area contributed by atoms with Gasteiger partial charge in [-0.2, -0.15) is 5.10 Å². The van der Waals surface area contributed by atoms with Gasteiger partial charge in [0.2, 0.25) is 0 Å². The Bertz CT molecular complexity index is 1040. The molecule has 1 amide bonds. The van der Waals surface area contributed by atoms with Crippen LogP contribution in [0.5, 0.6) is 0 Å². The molecule has 28 heavy (non-hydrogen) atoms. The quantitative estimate of drug-likeness (QED) is 0.621. The second-order valence-corrected chi connectivity index (χ2v) is 8.52. The van der Waals surface area contributed by atoms with Gasteiger partial charge < -0.3 is 4.42 Å². The normalized spacial score (nSPS) is 20.4. The Balaban J connectivity index is 1.66. The zero-order valence-corrected chi connectivity index (χ0v) is 16.5. The Morgan fingerprint density at radius 3 is 2.82 bits per heavy atom. The molecule has 1 N–H and O–H groups in total. The molecule has 1 aliphatic carbocycles. The number of nitrogens with zero attached hydrogens (tertiary/aromatic N) is 2. The summed E-state index contributed by atoms with van der Waals surface area (Å²) in [6.45, 7) is 6.75. The average molecular weight is 375 g/mol. The second-order valence-electron chi connectivity index (χ2n) is 8.52. The predicted molar refractivity (Wildman–Crippen MR) is 111 cm³/mol. The number of amides is 1. The van der Waals surface area contributed by atoms with Gasteiger partial charge in [0.15, 0.2) is 5.76 Å². The van der Waals surface area contributed by atoms with Gasteiger partial charge in [-0.05, 0) is 54.9 Å². The monoisotopic (exact) mass is 375 g/mol. The van der Waals surface area contributed by atoms with Crippen LogP contribution in [0.2, 0.25) is 0 Å². The number of hydrazone groups is 1. The van der Waals surface area contributed by atoms with Gasteiger partial charge in [-0.1, -0.05) is 39.0 Å². The van der Waals surface area contributed by atoms with Crippen LogP contribution >= 0.6 is 0 Å². The lowest BCUT2D eigenvalue weighted by molar-refractivity contribution is 0.0955. The summed E-state index contributed by atoms with van der Waals surface area (Å²) in [5, 5.41) is 5.28. The van der Waals surface area contributed by atoms with Crippen LogP contribution in [0.15, 0.2) is 58.2 Å². The molecule has 144 valence electrons. The summed E-state index contributed by atoms with van der Waals surface area (Å²) in [5.41, 5.74) is 5.99. The first kappa shape index (κ1) is 18.4. The van der Waals surface area contributed by atoms with E-state index in [1.165, 1.54) is 6.42 Å². The van der Waals surface area contributed by atoms with Crippen LogP contribution in [0, 0.1) is 11.3 Å². The molecule has 0 bridgehead atoms. The van der Waals surface area contributed by atoms with E-state index >= 15 is 0 Å². The largest absolute Gasteiger partial charge is 0.463 e. The van der Waals surface area contributed by atoms with E-state index in [1.807, 2.05) is 36.4 Å². The third-order valence-electron chi connectivity index (χ3n) is 5.22. The van der Waals surface area contributed by atoms with Gasteiger partial charge >= 0.3 is 0 Å². The van der Waals surface area contributed by atoms with Crippen LogP contribution in [-0.2, 0) is 0 Å². The van der Waals surface area contributed by atoms with Crippen LogP contribution < -0.4 is 5.43 Å². The summed E-state index contributed by atoms with van der Waals surface area (Å²) in [4.78, 5) is 17.6. The van der Waals surface area contributed by atoms with E-state index in [1.54, 1.807) is 12.3 Å². The standard InChI is InChI=1S/C23H25N3O2/c1-15-11-16(14-23(2,3)13-15)25-26-22(27)18-12-20(21-9-6-10-28-21)24-19-8-5-4-7-17(18)19/h4-10,12,15H,11,13-14H2,1-3H3,(H,26,27)/b25-16-. The van der Waals surface area contributed by atoms with Gasteiger partial charge in [-0.15, -0.1) is 0 Å². The summed E-state index contributed by atoms with van der Waals surface area (Å²) in [5.74, 6) is 0.982. The summed E-state index contributed by atoms with van der Waals surface area (Å²) in [7, 11) is 0. The maximum absolute atomic E-state index is 13.0. The smallest absolute Gasteiger partial charge is 0.272 e. The van der Waals surface area contributed by atoms with Crippen molar-refractivity contribution < 1.29 is 9.21 Å². The fourth-order valence-electron chi connectivity index (χ4n) is 4.30. The topological polar surface area (TPSA) is 67.5 Å². The number of benzene rings is 1. The Labute approximate surface area is 164 Å². The van der Waals surface area contributed by atoms with Gasteiger partial charge in [0, 0.05) is 11.1 Å².